The van der Waals surface area contributed by atoms with Crippen molar-refractivity contribution in [1.29, 1.82) is 5.26 Å². The first-order valence-electron chi connectivity index (χ1n) is 45.2. The van der Waals surface area contributed by atoms with Crippen LogP contribution in [0.3, 0.4) is 0 Å². The van der Waals surface area contributed by atoms with Gasteiger partial charge in [0.2, 0.25) is 11.8 Å². The average Bonchev–Trinajstić information content (AvgIpc) is 0.822. The van der Waals surface area contributed by atoms with Crippen molar-refractivity contribution < 1.29 is 57.0 Å². The number of ether oxygens (including phenoxy) is 10. The van der Waals surface area contributed by atoms with Crippen molar-refractivity contribution >= 4 is 43.9 Å². The summed E-state index contributed by atoms with van der Waals surface area (Å²) in [6.45, 7) is 21.7. The zero-order valence-corrected chi connectivity index (χ0v) is 83.4. The molecule has 708 valence electrons. The van der Waals surface area contributed by atoms with Gasteiger partial charge in [0.25, 0.3) is 0 Å². The number of ketones is 2. The van der Waals surface area contributed by atoms with Crippen LogP contribution in [0.5, 0.6) is 57.8 Å². The van der Waals surface area contributed by atoms with E-state index in [4.69, 9.17) is 52.6 Å². The molecule has 2 aromatic heterocycles. The SMILES string of the molecule is COc1ccc(-c2ccc(C)c(-c3ccccc3)c2)cc1-c1ccccc1.COc1ccc(-c2ccc(C)cc2)cc1.COc1ccc(C(=O)c2ccc(C)cc2)cc1.COc1ccc(C)c2ccccc12.COc1ccc2cc(C)ccc2c1.COc1ccc2ccc(C)cc2c1.COc1cccc(C)c1C#N.COc1cccc(C)c1C(C)=O.COc1cccc(C)n1.COc1cncc(C)n1. The van der Waals surface area contributed by atoms with Crippen LogP contribution in [0.15, 0.2) is 370 Å². The molecule has 0 bridgehead atoms. The van der Waals surface area contributed by atoms with E-state index in [0.29, 0.717) is 45.5 Å². The van der Waals surface area contributed by atoms with Crippen molar-refractivity contribution in [2.45, 2.75) is 76.2 Å². The van der Waals surface area contributed by atoms with Crippen molar-refractivity contribution in [2.75, 3.05) is 71.1 Å². The smallest absolute Gasteiger partial charge is 0.232 e. The number of nitrogens with zero attached hydrogens (tertiary/aromatic N) is 4. The molecule has 0 radical (unpaired) electrons. The van der Waals surface area contributed by atoms with Crippen LogP contribution < -0.4 is 47.4 Å². The van der Waals surface area contributed by atoms with Crippen molar-refractivity contribution in [3.05, 3.63) is 448 Å². The average molecular weight is 1850 g/mol. The van der Waals surface area contributed by atoms with Gasteiger partial charge in [-0.1, -0.05) is 271 Å². The molecule has 0 aliphatic rings. The van der Waals surface area contributed by atoms with Gasteiger partial charge in [0, 0.05) is 40.0 Å². The number of rotatable bonds is 17. The van der Waals surface area contributed by atoms with E-state index in [1.807, 2.05) is 144 Å². The van der Waals surface area contributed by atoms with E-state index in [1.54, 1.807) is 127 Å². The largest absolute Gasteiger partial charge is 0.497 e. The number of Topliss-reactive ketones (excluding diaryl/α,β-unsaturated/α-hetero) is 1. The molecule has 16 heteroatoms. The van der Waals surface area contributed by atoms with Gasteiger partial charge < -0.3 is 47.4 Å². The molecule has 0 fully saturated rings. The topological polar surface area (TPSA) is 189 Å². The predicted molar refractivity (Wildman–Crippen MR) is 570 cm³/mol. The number of methoxy groups -OCH3 is 10. The number of hydrogen-bond acceptors (Lipinski definition) is 16. The number of hydrogen-bond donors (Lipinski definition) is 0. The summed E-state index contributed by atoms with van der Waals surface area (Å²) in [6.07, 6.45) is 3.26. The van der Waals surface area contributed by atoms with Crippen LogP contribution in [0, 0.1) is 80.6 Å². The van der Waals surface area contributed by atoms with E-state index in [-0.39, 0.29) is 11.6 Å². The van der Waals surface area contributed by atoms with E-state index < -0.39 is 0 Å². The lowest BCUT2D eigenvalue weighted by atomic mass is 9.93. The number of carbonyl (C=O) groups is 2. The fourth-order valence-corrected chi connectivity index (χ4v) is 14.5. The van der Waals surface area contributed by atoms with Crippen molar-refractivity contribution in [3.63, 3.8) is 0 Å². The van der Waals surface area contributed by atoms with Gasteiger partial charge in [-0.3, -0.25) is 14.6 Å². The molecule has 18 aromatic rings. The van der Waals surface area contributed by atoms with Crippen LogP contribution in [0.1, 0.15) is 94.7 Å². The molecule has 0 atom stereocenters. The molecule has 0 unspecified atom stereocenters. The highest BCUT2D eigenvalue weighted by atomic mass is 16.5. The van der Waals surface area contributed by atoms with Gasteiger partial charge in [-0.05, 0) is 267 Å². The maximum Gasteiger partial charge on any atom is 0.232 e. The Hall–Kier alpha value is -16.6. The third kappa shape index (κ3) is 32.3. The highest BCUT2D eigenvalue weighted by Crippen LogP contribution is 2.38. The van der Waals surface area contributed by atoms with E-state index in [9.17, 15) is 9.59 Å². The normalized spacial score (nSPS) is 9.96. The second kappa shape index (κ2) is 55.3. The summed E-state index contributed by atoms with van der Waals surface area (Å²) in [7, 11) is 16.4. The molecule has 0 aliphatic carbocycles. The Kier molecular flexibility index (Phi) is 42.2. The molecular formula is C123H124N4O12. The van der Waals surface area contributed by atoms with Gasteiger partial charge in [0.15, 0.2) is 11.6 Å². The summed E-state index contributed by atoms with van der Waals surface area (Å²) in [4.78, 5) is 35.2. The van der Waals surface area contributed by atoms with E-state index in [1.165, 1.54) is 93.5 Å². The predicted octanol–water partition coefficient (Wildman–Crippen LogP) is 29.7. The first-order chi connectivity index (χ1) is 67.3. The quantitative estimate of drug-likeness (QED) is 0.0782. The van der Waals surface area contributed by atoms with Crippen LogP contribution in [-0.2, 0) is 0 Å². The Morgan fingerprint density at radius 3 is 1.19 bits per heavy atom. The number of nitriles is 1. The number of pyridine rings is 1. The summed E-state index contributed by atoms with van der Waals surface area (Å²) >= 11 is 0. The lowest BCUT2D eigenvalue weighted by Crippen LogP contribution is -2.00. The van der Waals surface area contributed by atoms with Gasteiger partial charge in [-0.25, -0.2) is 9.97 Å². The Bertz CT molecular complexity index is 6940. The molecular weight excluding hydrogens is 1730 g/mol. The Balaban J connectivity index is 0.000000176. The second-order valence-electron chi connectivity index (χ2n) is 32.3. The number of aromatic nitrogens is 3. The molecule has 0 saturated carbocycles. The lowest BCUT2D eigenvalue weighted by Gasteiger charge is -2.13. The number of benzene rings is 16. The first kappa shape index (κ1) is 106. The van der Waals surface area contributed by atoms with E-state index >= 15 is 0 Å². The Morgan fingerprint density at radius 2 is 0.683 bits per heavy atom. The molecule has 2 heterocycles. The summed E-state index contributed by atoms with van der Waals surface area (Å²) in [5.74, 6) is 7.94. The van der Waals surface area contributed by atoms with Crippen LogP contribution in [0.25, 0.3) is 76.8 Å². The first-order valence-corrected chi connectivity index (χ1v) is 45.2. The number of aryl methyl sites for hydroxylation is 10. The van der Waals surface area contributed by atoms with Crippen LogP contribution in [0.2, 0.25) is 0 Å². The molecule has 139 heavy (non-hydrogen) atoms. The molecule has 18 rings (SSSR count). The zero-order valence-electron chi connectivity index (χ0n) is 83.4. The highest BCUT2D eigenvalue weighted by molar-refractivity contribution is 6.09. The number of carbonyl (C=O) groups excluding carboxylic acids is 2. The fraction of sp³-hybridized carbons (Fsp3) is 0.171. The molecule has 0 N–H and O–H groups in total. The summed E-state index contributed by atoms with van der Waals surface area (Å²) < 4.78 is 51.1. The third-order valence-electron chi connectivity index (χ3n) is 22.2. The zero-order chi connectivity index (χ0) is 100. The van der Waals surface area contributed by atoms with Gasteiger partial charge in [-0.2, -0.15) is 5.26 Å². The van der Waals surface area contributed by atoms with Gasteiger partial charge in [0.1, 0.15) is 52.1 Å². The molecule has 0 saturated heterocycles. The summed E-state index contributed by atoms with van der Waals surface area (Å²) in [6, 6.07) is 122. The minimum Gasteiger partial charge on any atom is -0.497 e. The van der Waals surface area contributed by atoms with Crippen LogP contribution in [-0.4, -0.2) is 97.6 Å². The van der Waals surface area contributed by atoms with Crippen LogP contribution >= 0.6 is 0 Å². The molecule has 0 spiro atoms. The summed E-state index contributed by atoms with van der Waals surface area (Å²) in [5, 5.41) is 16.1. The molecule has 16 nitrogen and oxygen atoms in total. The summed E-state index contributed by atoms with van der Waals surface area (Å²) in [5.41, 5.74) is 23.6. The van der Waals surface area contributed by atoms with Crippen molar-refractivity contribution in [1.82, 2.24) is 15.0 Å². The van der Waals surface area contributed by atoms with E-state index in [0.717, 1.165) is 73.7 Å². The van der Waals surface area contributed by atoms with Crippen LogP contribution in [0.4, 0.5) is 0 Å². The molecule has 0 aliphatic heterocycles. The van der Waals surface area contributed by atoms with Gasteiger partial charge in [0.05, 0.1) is 94.1 Å². The standard InChI is InChI=1S/C26H22O.C15H14O2.C14H14O.3C12H12O.C10H12O2.C9H9NO.C7H9NO.C6H8N2O/c1-19-13-14-22(17-24(19)20-9-5-3-6-10-20)23-15-16-26(27-2)25(18-23)21-11-7-4-8-12-21;1-11-3-5-12(6-4-11)15(16)13-7-9-14(17-2)10-8-13;1-11-3-5-12(6-4-11)13-7-9-14(15-2)10-8-13;1-9-3-4-11-8-12(13-2)6-5-10(11)7-9;1-9-3-4-10-5-6-12(13-2)8-11(10)7-9;1-9-7-8-12(13-2)11-6-4-3-5-10(9)11;1-7-5-4-6-9(12-3)10(7)8(2)11;1-7-4-3-5-9(11-2)8(7)6-10;1-6-4-3-5-7(8-6)9-2;1-5-3-7-4-6(8-5)9-2/h3-18H,1-2H3;3-10H,1-2H3;3-10H,1-2H3;3*3-8H,1-2H3;4-6H,1-3H3;3-5H,1-2H3;3-5H,1-2H3;3-4H,1-2H3. The Labute approximate surface area is 820 Å². The minimum atomic E-state index is 0.0349. The maximum absolute atomic E-state index is 12.1. The van der Waals surface area contributed by atoms with Crippen molar-refractivity contribution in [2.24, 2.45) is 0 Å². The number of fused-ring (bicyclic) bond motifs is 3. The fourth-order valence-electron chi connectivity index (χ4n) is 14.5. The Morgan fingerprint density at radius 1 is 0.266 bits per heavy atom. The van der Waals surface area contributed by atoms with Gasteiger partial charge >= 0.3 is 0 Å². The minimum absolute atomic E-state index is 0.0349. The van der Waals surface area contributed by atoms with Gasteiger partial charge in [-0.15, -0.1) is 0 Å². The molecule has 0 amide bonds. The maximum atomic E-state index is 12.1. The monoisotopic (exact) mass is 1850 g/mol. The molecule has 16 aromatic carbocycles. The highest BCUT2D eigenvalue weighted by Gasteiger charge is 2.15. The lowest BCUT2D eigenvalue weighted by molar-refractivity contribution is 0.101. The third-order valence-corrected chi connectivity index (χ3v) is 22.2. The van der Waals surface area contributed by atoms with E-state index in [2.05, 4.69) is 268 Å². The second-order valence-corrected chi connectivity index (χ2v) is 32.3. The van der Waals surface area contributed by atoms with Crippen molar-refractivity contribution in [3.8, 4) is 108 Å².